The van der Waals surface area contributed by atoms with Crippen molar-refractivity contribution < 1.29 is 14.4 Å². The highest BCUT2D eigenvalue weighted by Crippen LogP contribution is 2.26. The average Bonchev–Trinajstić information content (AvgIpc) is 3.16. The summed E-state index contributed by atoms with van der Waals surface area (Å²) in [5, 5.41) is 2.02. The summed E-state index contributed by atoms with van der Waals surface area (Å²) in [6.07, 6.45) is 3.17. The van der Waals surface area contributed by atoms with E-state index in [-0.39, 0.29) is 11.5 Å². The third kappa shape index (κ3) is 2.48. The number of nitrogens with one attached hydrogen (secondary N) is 1. The summed E-state index contributed by atoms with van der Waals surface area (Å²) in [6, 6.07) is 16.3. The third-order valence-electron chi connectivity index (χ3n) is 4.29. The first kappa shape index (κ1) is 15.8. The summed E-state index contributed by atoms with van der Waals surface area (Å²) in [5.41, 5.74) is 4.56. The maximum Gasteiger partial charge on any atom is 0.282 e. The number of rotatable bonds is 2. The number of para-hydroxylation sites is 2. The van der Waals surface area contributed by atoms with E-state index in [0.29, 0.717) is 11.3 Å². The van der Waals surface area contributed by atoms with Crippen LogP contribution in [0, 0.1) is 0 Å². The smallest absolute Gasteiger partial charge is 0.282 e. The Morgan fingerprint density at radius 2 is 1.69 bits per heavy atom. The first-order chi connectivity index (χ1) is 12.6. The van der Waals surface area contributed by atoms with Gasteiger partial charge in [-0.25, -0.2) is 5.01 Å². The molecule has 128 valence electrons. The number of amides is 2. The Kier molecular flexibility index (Phi) is 3.65. The van der Waals surface area contributed by atoms with Gasteiger partial charge in [-0.1, -0.05) is 36.4 Å². The molecule has 3 aromatic rings. The molecule has 1 N–H and O–H groups in total. The van der Waals surface area contributed by atoms with E-state index in [1.807, 2.05) is 30.3 Å². The normalized spacial score (nSPS) is 15.7. The topological polar surface area (TPSA) is 71.4 Å². The highest BCUT2D eigenvalue weighted by molar-refractivity contribution is 6.32. The number of hydrazine groups is 1. The molecule has 6 nitrogen and oxygen atoms in total. The summed E-state index contributed by atoms with van der Waals surface area (Å²) in [6.45, 7) is 1.47. The molecule has 0 radical (unpaired) electrons. The molecule has 1 saturated heterocycles. The van der Waals surface area contributed by atoms with Crippen LogP contribution in [0.4, 0.5) is 5.69 Å². The standard InChI is InChI=1S/C20H15N3O3/c1-13(24)22-12-14(16-9-5-6-10-18(16)22)11-17-19(25)21-23(20(17)26)15-7-3-2-4-8-15/h2-12H,1H3,(H,21,25)/b17-11-. The minimum Gasteiger partial charge on any atom is -0.287 e. The number of carbonyl (C=O) groups is 3. The fraction of sp³-hybridized carbons (Fsp3) is 0.0500. The van der Waals surface area contributed by atoms with Gasteiger partial charge in [-0.2, -0.15) is 0 Å². The van der Waals surface area contributed by atoms with E-state index in [1.54, 1.807) is 30.5 Å². The predicted molar refractivity (Wildman–Crippen MR) is 98.3 cm³/mol. The number of hydrogen-bond donors (Lipinski definition) is 1. The van der Waals surface area contributed by atoms with E-state index in [0.717, 1.165) is 10.9 Å². The van der Waals surface area contributed by atoms with Crippen LogP contribution in [0.1, 0.15) is 17.3 Å². The van der Waals surface area contributed by atoms with Gasteiger partial charge < -0.3 is 0 Å². The number of nitrogens with zero attached hydrogens (tertiary/aromatic N) is 2. The van der Waals surface area contributed by atoms with Crippen LogP contribution >= 0.6 is 0 Å². The van der Waals surface area contributed by atoms with Crippen molar-refractivity contribution in [3.8, 4) is 0 Å². The van der Waals surface area contributed by atoms with Crippen molar-refractivity contribution >= 4 is 40.4 Å². The summed E-state index contributed by atoms with van der Waals surface area (Å²) in [4.78, 5) is 36.9. The Bertz CT molecular complexity index is 1080. The Balaban J connectivity index is 1.80. The quantitative estimate of drug-likeness (QED) is 0.573. The molecule has 0 aliphatic carbocycles. The van der Waals surface area contributed by atoms with Gasteiger partial charge in [-0.05, 0) is 24.3 Å². The van der Waals surface area contributed by atoms with Crippen LogP contribution in [0.15, 0.2) is 66.4 Å². The lowest BCUT2D eigenvalue weighted by Crippen LogP contribution is -2.35. The van der Waals surface area contributed by atoms with Gasteiger partial charge in [-0.15, -0.1) is 0 Å². The number of aromatic nitrogens is 1. The van der Waals surface area contributed by atoms with E-state index in [4.69, 9.17) is 0 Å². The molecule has 2 amide bonds. The highest BCUT2D eigenvalue weighted by atomic mass is 16.2. The van der Waals surface area contributed by atoms with Crippen molar-refractivity contribution in [3.63, 3.8) is 0 Å². The van der Waals surface area contributed by atoms with Crippen LogP contribution in [0.3, 0.4) is 0 Å². The molecule has 2 aromatic carbocycles. The molecule has 0 spiro atoms. The van der Waals surface area contributed by atoms with Crippen LogP contribution in [-0.4, -0.2) is 22.3 Å². The molecule has 26 heavy (non-hydrogen) atoms. The van der Waals surface area contributed by atoms with Crippen molar-refractivity contribution in [1.82, 2.24) is 9.99 Å². The van der Waals surface area contributed by atoms with Crippen LogP contribution < -0.4 is 10.4 Å². The molecule has 1 aliphatic rings. The summed E-state index contributed by atoms with van der Waals surface area (Å²) >= 11 is 0. The molecule has 0 saturated carbocycles. The van der Waals surface area contributed by atoms with Crippen molar-refractivity contribution in [1.29, 1.82) is 0 Å². The highest BCUT2D eigenvalue weighted by Gasteiger charge is 2.34. The fourth-order valence-electron chi connectivity index (χ4n) is 3.05. The van der Waals surface area contributed by atoms with Gasteiger partial charge in [0.15, 0.2) is 0 Å². The second-order valence-corrected chi connectivity index (χ2v) is 5.97. The molecule has 6 heteroatoms. The second-order valence-electron chi connectivity index (χ2n) is 5.97. The summed E-state index contributed by atoms with van der Waals surface area (Å²) in [5.74, 6) is -1.04. The second kappa shape index (κ2) is 6.00. The minimum atomic E-state index is -0.474. The Hall–Kier alpha value is -3.67. The van der Waals surface area contributed by atoms with Gasteiger partial charge in [-0.3, -0.25) is 24.4 Å². The number of hydrogen-bond acceptors (Lipinski definition) is 3. The SMILES string of the molecule is CC(=O)n1cc(/C=C2/C(=O)NN(c3ccccc3)C2=O)c2ccccc21. The van der Waals surface area contributed by atoms with Crippen LogP contribution in [0.2, 0.25) is 0 Å². The van der Waals surface area contributed by atoms with Crippen LogP contribution in [-0.2, 0) is 9.59 Å². The molecule has 0 bridgehead atoms. The average molecular weight is 345 g/mol. The molecular weight excluding hydrogens is 330 g/mol. The molecule has 1 aromatic heterocycles. The zero-order chi connectivity index (χ0) is 18.3. The monoisotopic (exact) mass is 345 g/mol. The Morgan fingerprint density at radius 1 is 1.00 bits per heavy atom. The fourth-order valence-corrected chi connectivity index (χ4v) is 3.05. The van der Waals surface area contributed by atoms with E-state index in [9.17, 15) is 14.4 Å². The van der Waals surface area contributed by atoms with Gasteiger partial charge in [0.25, 0.3) is 11.8 Å². The van der Waals surface area contributed by atoms with Crippen LogP contribution in [0.5, 0.6) is 0 Å². The zero-order valence-corrected chi connectivity index (χ0v) is 14.0. The lowest BCUT2D eigenvalue weighted by molar-refractivity contribution is -0.117. The molecule has 0 atom stereocenters. The third-order valence-corrected chi connectivity index (χ3v) is 4.29. The first-order valence-electron chi connectivity index (χ1n) is 8.09. The summed E-state index contributed by atoms with van der Waals surface area (Å²) < 4.78 is 1.51. The first-order valence-corrected chi connectivity index (χ1v) is 8.09. The largest absolute Gasteiger partial charge is 0.287 e. The van der Waals surface area contributed by atoms with Crippen molar-refractivity contribution in [2.75, 3.05) is 5.01 Å². The molecule has 4 rings (SSSR count). The van der Waals surface area contributed by atoms with Crippen molar-refractivity contribution in [2.24, 2.45) is 0 Å². The van der Waals surface area contributed by atoms with Crippen LogP contribution in [0.25, 0.3) is 17.0 Å². The zero-order valence-electron chi connectivity index (χ0n) is 14.0. The number of fused-ring (bicyclic) bond motifs is 1. The maximum absolute atomic E-state index is 12.7. The lowest BCUT2D eigenvalue weighted by atomic mass is 10.1. The number of benzene rings is 2. The van der Waals surface area contributed by atoms with E-state index < -0.39 is 11.8 Å². The van der Waals surface area contributed by atoms with Gasteiger partial charge in [0.2, 0.25) is 5.91 Å². The van der Waals surface area contributed by atoms with Gasteiger partial charge >= 0.3 is 0 Å². The maximum atomic E-state index is 12.7. The van der Waals surface area contributed by atoms with E-state index in [1.165, 1.54) is 22.6 Å². The van der Waals surface area contributed by atoms with E-state index in [2.05, 4.69) is 5.43 Å². The Labute approximate surface area is 149 Å². The molecule has 0 unspecified atom stereocenters. The summed E-state index contributed by atoms with van der Waals surface area (Å²) in [7, 11) is 0. The van der Waals surface area contributed by atoms with Gasteiger partial charge in [0.1, 0.15) is 5.57 Å². The van der Waals surface area contributed by atoms with Gasteiger partial charge in [0.05, 0.1) is 11.2 Å². The Morgan fingerprint density at radius 3 is 2.42 bits per heavy atom. The predicted octanol–water partition coefficient (Wildman–Crippen LogP) is 2.76. The molecule has 1 aliphatic heterocycles. The number of carbonyl (C=O) groups excluding carboxylic acids is 3. The lowest BCUT2D eigenvalue weighted by Gasteiger charge is -2.13. The van der Waals surface area contributed by atoms with Gasteiger partial charge in [0, 0.05) is 24.1 Å². The molecule has 2 heterocycles. The number of anilines is 1. The minimum absolute atomic E-state index is 0.0281. The molecule has 1 fully saturated rings. The van der Waals surface area contributed by atoms with Crippen molar-refractivity contribution in [2.45, 2.75) is 6.92 Å². The van der Waals surface area contributed by atoms with E-state index >= 15 is 0 Å². The van der Waals surface area contributed by atoms with Crippen molar-refractivity contribution in [3.05, 3.63) is 71.9 Å². The molecular formula is C20H15N3O3.